The van der Waals surface area contributed by atoms with Crippen LogP contribution in [0.25, 0.3) is 0 Å². The second-order valence-corrected chi connectivity index (χ2v) is 7.34. The van der Waals surface area contributed by atoms with Crippen LogP contribution in [0.4, 0.5) is 16.2 Å². The molecule has 1 heterocycles. The van der Waals surface area contributed by atoms with E-state index in [1.165, 1.54) is 23.1 Å². The second-order valence-electron chi connectivity index (χ2n) is 6.50. The van der Waals surface area contributed by atoms with Gasteiger partial charge in [-0.25, -0.2) is 4.79 Å². The van der Waals surface area contributed by atoms with Gasteiger partial charge in [0.2, 0.25) is 0 Å². The summed E-state index contributed by atoms with van der Waals surface area (Å²) in [5.41, 5.74) is 1.23. The van der Waals surface area contributed by atoms with E-state index < -0.39 is 12.0 Å². The molecule has 0 spiro atoms. The number of carbonyl (C=O) groups excluding carboxylic acids is 1. The summed E-state index contributed by atoms with van der Waals surface area (Å²) in [5.74, 6) is -0.701. The lowest BCUT2D eigenvalue weighted by atomic mass is 10.0. The maximum Gasteiger partial charge on any atom is 0.407 e. The zero-order valence-electron chi connectivity index (χ0n) is 14.8. The molecule has 0 bridgehead atoms. The van der Waals surface area contributed by atoms with Crippen LogP contribution in [0.1, 0.15) is 23.2 Å². The number of carbonyl (C=O) groups is 2. The van der Waals surface area contributed by atoms with Crippen LogP contribution in [-0.2, 0) is 0 Å². The highest BCUT2D eigenvalue weighted by Gasteiger charge is 2.22. The fourth-order valence-corrected chi connectivity index (χ4v) is 3.44. The van der Waals surface area contributed by atoms with E-state index in [2.05, 4.69) is 10.6 Å². The lowest BCUT2D eigenvalue weighted by molar-refractivity contribution is 0.102. The molecule has 28 heavy (non-hydrogen) atoms. The average molecular weight is 424 g/mol. The Morgan fingerprint density at radius 2 is 1.79 bits per heavy atom. The number of hydrogen-bond acceptors (Lipinski definition) is 4. The molecular formula is C19H19Cl2N3O4. The standard InChI is InChI=1S/C19H19Cl2N3O4/c20-11-1-4-17(25)14(9-11)18(26)23-16-3-2-13(10-15(16)21)22-12-5-7-24(8-6-12)19(27)28/h1-4,9-10,12,22,25H,5-8H2,(H,23,26)(H,27,28). The summed E-state index contributed by atoms with van der Waals surface area (Å²) < 4.78 is 0. The quantitative estimate of drug-likeness (QED) is 0.579. The van der Waals surface area contributed by atoms with Gasteiger partial charge in [-0.3, -0.25) is 4.79 Å². The molecule has 0 radical (unpaired) electrons. The Kier molecular flexibility index (Phi) is 6.16. The summed E-state index contributed by atoms with van der Waals surface area (Å²) >= 11 is 12.2. The van der Waals surface area contributed by atoms with Crippen LogP contribution >= 0.6 is 23.2 Å². The SMILES string of the molecule is O=C(Nc1ccc(NC2CCN(C(=O)O)CC2)cc1Cl)c1cc(Cl)ccc1O. The molecule has 0 saturated carbocycles. The van der Waals surface area contributed by atoms with Crippen molar-refractivity contribution in [1.82, 2.24) is 4.90 Å². The molecule has 3 rings (SSSR count). The van der Waals surface area contributed by atoms with Gasteiger partial charge in [0.25, 0.3) is 5.91 Å². The van der Waals surface area contributed by atoms with Crippen molar-refractivity contribution in [3.63, 3.8) is 0 Å². The molecule has 4 N–H and O–H groups in total. The number of phenolic OH excluding ortho intramolecular Hbond substituents is 1. The van der Waals surface area contributed by atoms with Crippen LogP contribution in [0.3, 0.4) is 0 Å². The molecule has 0 aliphatic carbocycles. The number of aromatic hydroxyl groups is 1. The van der Waals surface area contributed by atoms with Gasteiger partial charge in [-0.15, -0.1) is 0 Å². The first-order valence-corrected chi connectivity index (χ1v) is 9.43. The maximum absolute atomic E-state index is 12.4. The number of nitrogens with zero attached hydrogens (tertiary/aromatic N) is 1. The van der Waals surface area contributed by atoms with E-state index >= 15 is 0 Å². The first-order chi connectivity index (χ1) is 13.3. The number of likely N-dealkylation sites (tertiary alicyclic amines) is 1. The molecule has 2 amide bonds. The Morgan fingerprint density at radius 3 is 2.43 bits per heavy atom. The number of amides is 2. The summed E-state index contributed by atoms with van der Waals surface area (Å²) in [6.07, 6.45) is 0.514. The average Bonchev–Trinajstić information content (AvgIpc) is 2.66. The molecule has 1 fully saturated rings. The second kappa shape index (κ2) is 8.58. The smallest absolute Gasteiger partial charge is 0.407 e. The van der Waals surface area contributed by atoms with E-state index in [1.54, 1.807) is 18.2 Å². The monoisotopic (exact) mass is 423 g/mol. The lowest BCUT2D eigenvalue weighted by Gasteiger charge is -2.31. The maximum atomic E-state index is 12.4. The van der Waals surface area contributed by atoms with E-state index in [4.69, 9.17) is 28.3 Å². The van der Waals surface area contributed by atoms with Crippen LogP contribution in [0.15, 0.2) is 36.4 Å². The molecule has 2 aromatic carbocycles. The summed E-state index contributed by atoms with van der Waals surface area (Å²) in [6.45, 7) is 0.968. The van der Waals surface area contributed by atoms with Gasteiger partial charge in [0, 0.05) is 29.8 Å². The van der Waals surface area contributed by atoms with E-state index in [0.717, 1.165) is 5.69 Å². The molecule has 1 aliphatic rings. The van der Waals surface area contributed by atoms with Crippen molar-refractivity contribution in [3.8, 4) is 5.75 Å². The number of benzene rings is 2. The summed E-state index contributed by atoms with van der Waals surface area (Å²) in [6, 6.07) is 9.50. The summed E-state index contributed by atoms with van der Waals surface area (Å²) in [7, 11) is 0. The number of halogens is 2. The van der Waals surface area contributed by atoms with Gasteiger partial charge in [0.15, 0.2) is 0 Å². The third kappa shape index (κ3) is 4.79. The van der Waals surface area contributed by atoms with Crippen LogP contribution in [0.5, 0.6) is 5.75 Å². The molecule has 2 aromatic rings. The molecule has 7 nitrogen and oxygen atoms in total. The normalized spacial score (nSPS) is 14.6. The van der Waals surface area contributed by atoms with Crippen molar-refractivity contribution in [2.75, 3.05) is 23.7 Å². The van der Waals surface area contributed by atoms with Crippen molar-refractivity contribution >= 4 is 46.6 Å². The number of carboxylic acid groups (broad SMARTS) is 1. The van der Waals surface area contributed by atoms with Crippen molar-refractivity contribution < 1.29 is 19.8 Å². The Labute approximate surface area is 171 Å². The summed E-state index contributed by atoms with van der Waals surface area (Å²) in [4.78, 5) is 24.7. The molecular weight excluding hydrogens is 405 g/mol. The van der Waals surface area contributed by atoms with E-state index in [9.17, 15) is 14.7 Å². The van der Waals surface area contributed by atoms with Crippen LogP contribution < -0.4 is 10.6 Å². The number of hydrogen-bond donors (Lipinski definition) is 4. The zero-order chi connectivity index (χ0) is 20.3. The third-order valence-corrected chi connectivity index (χ3v) is 5.10. The van der Waals surface area contributed by atoms with Gasteiger partial charge >= 0.3 is 6.09 Å². The topological polar surface area (TPSA) is 102 Å². The van der Waals surface area contributed by atoms with Crippen molar-refractivity contribution in [3.05, 3.63) is 52.0 Å². The highest BCUT2D eigenvalue weighted by Crippen LogP contribution is 2.29. The number of rotatable bonds is 4. The Balaban J connectivity index is 1.63. The van der Waals surface area contributed by atoms with E-state index in [0.29, 0.717) is 41.7 Å². The zero-order valence-corrected chi connectivity index (χ0v) is 16.3. The van der Waals surface area contributed by atoms with Crippen LogP contribution in [-0.4, -0.2) is 46.2 Å². The van der Waals surface area contributed by atoms with Crippen molar-refractivity contribution in [2.45, 2.75) is 18.9 Å². The van der Waals surface area contributed by atoms with Gasteiger partial charge in [-0.1, -0.05) is 23.2 Å². The Hall–Kier alpha value is -2.64. The minimum absolute atomic E-state index is 0.0518. The van der Waals surface area contributed by atoms with Gasteiger partial charge in [0.1, 0.15) is 5.75 Å². The predicted octanol–water partition coefficient (Wildman–Crippen LogP) is 4.51. The highest BCUT2D eigenvalue weighted by molar-refractivity contribution is 6.34. The number of anilines is 2. The number of phenols is 1. The van der Waals surface area contributed by atoms with Crippen molar-refractivity contribution in [1.29, 1.82) is 0 Å². The number of piperidine rings is 1. The Morgan fingerprint density at radius 1 is 1.07 bits per heavy atom. The first-order valence-electron chi connectivity index (χ1n) is 8.67. The largest absolute Gasteiger partial charge is 0.507 e. The van der Waals surface area contributed by atoms with Crippen LogP contribution in [0, 0.1) is 0 Å². The molecule has 1 aliphatic heterocycles. The molecule has 0 atom stereocenters. The molecule has 9 heteroatoms. The Bertz CT molecular complexity index is 899. The summed E-state index contributed by atoms with van der Waals surface area (Å²) in [5, 5.41) is 25.5. The molecule has 0 unspecified atom stereocenters. The van der Waals surface area contributed by atoms with E-state index in [-0.39, 0.29) is 17.4 Å². The lowest BCUT2D eigenvalue weighted by Crippen LogP contribution is -2.41. The number of nitrogens with one attached hydrogen (secondary N) is 2. The first kappa shape index (κ1) is 20.1. The highest BCUT2D eigenvalue weighted by atomic mass is 35.5. The minimum Gasteiger partial charge on any atom is -0.507 e. The molecule has 1 saturated heterocycles. The third-order valence-electron chi connectivity index (χ3n) is 4.56. The fraction of sp³-hybridized carbons (Fsp3) is 0.263. The molecule has 148 valence electrons. The van der Waals surface area contributed by atoms with Gasteiger partial charge in [-0.05, 0) is 49.2 Å². The van der Waals surface area contributed by atoms with E-state index in [1.807, 2.05) is 0 Å². The predicted molar refractivity (Wildman–Crippen MR) is 109 cm³/mol. The fourth-order valence-electron chi connectivity index (χ4n) is 3.04. The van der Waals surface area contributed by atoms with Crippen molar-refractivity contribution in [2.24, 2.45) is 0 Å². The van der Waals surface area contributed by atoms with Crippen LogP contribution in [0.2, 0.25) is 10.0 Å². The minimum atomic E-state index is -0.896. The van der Waals surface area contributed by atoms with Gasteiger partial charge in [-0.2, -0.15) is 0 Å². The molecule has 0 aromatic heterocycles. The van der Waals surface area contributed by atoms with Gasteiger partial charge < -0.3 is 25.7 Å². The van der Waals surface area contributed by atoms with Gasteiger partial charge in [0.05, 0.1) is 16.3 Å².